The third-order valence-corrected chi connectivity index (χ3v) is 5.51. The fraction of sp³-hybridized carbons (Fsp3) is 0.273. The molecule has 0 radical (unpaired) electrons. The number of Topliss-reactive ketones (excluding diaryl/α,β-unsaturated/α-hetero) is 1. The minimum absolute atomic E-state index is 0.00596. The number of nitrogens with zero attached hydrogens (tertiary/aromatic N) is 1. The van der Waals surface area contributed by atoms with Crippen molar-refractivity contribution in [2.24, 2.45) is 5.92 Å². The normalized spacial score (nSPS) is 22.9. The topological polar surface area (TPSA) is 46.6 Å². The molecule has 2 aliphatic rings. The highest BCUT2D eigenvalue weighted by Gasteiger charge is 2.48. The molecule has 27 heavy (non-hydrogen) atoms. The number of benzene rings is 2. The first-order valence-corrected chi connectivity index (χ1v) is 9.50. The molecule has 1 fully saturated rings. The van der Waals surface area contributed by atoms with Gasteiger partial charge in [-0.1, -0.05) is 42.0 Å². The summed E-state index contributed by atoms with van der Waals surface area (Å²) in [6.45, 7) is 2.13. The van der Waals surface area contributed by atoms with E-state index >= 15 is 0 Å². The molecule has 0 aliphatic carbocycles. The summed E-state index contributed by atoms with van der Waals surface area (Å²) in [4.78, 5) is 27.9. The fourth-order valence-electron chi connectivity index (χ4n) is 4.04. The van der Waals surface area contributed by atoms with Crippen molar-refractivity contribution < 1.29 is 14.3 Å². The number of hydrogen-bond donors (Lipinski definition) is 0. The lowest BCUT2D eigenvalue weighted by Gasteiger charge is -2.35. The summed E-state index contributed by atoms with van der Waals surface area (Å²) in [7, 11) is 0. The van der Waals surface area contributed by atoms with Crippen molar-refractivity contribution in [1.29, 1.82) is 0 Å². The molecule has 138 valence electrons. The minimum Gasteiger partial charge on any atom is -0.466 e. The first-order valence-electron chi connectivity index (χ1n) is 9.12. The van der Waals surface area contributed by atoms with Crippen LogP contribution in [0.5, 0.6) is 0 Å². The molecule has 0 amide bonds. The largest absolute Gasteiger partial charge is 0.466 e. The van der Waals surface area contributed by atoms with Gasteiger partial charge in [-0.2, -0.15) is 0 Å². The SMILES string of the molecule is CCOC(=O)[C@@H]1C[C@H](C(=O)c2ccc(Cl)cc2)N2c3ccccc3C=C[C@H]12. The van der Waals surface area contributed by atoms with Gasteiger partial charge in [0.2, 0.25) is 0 Å². The second-order valence-electron chi connectivity index (χ2n) is 6.80. The average Bonchev–Trinajstić information content (AvgIpc) is 3.08. The minimum atomic E-state index is -0.420. The monoisotopic (exact) mass is 381 g/mol. The van der Waals surface area contributed by atoms with E-state index in [-0.39, 0.29) is 23.7 Å². The number of ketones is 1. The molecule has 2 aliphatic heterocycles. The van der Waals surface area contributed by atoms with Gasteiger partial charge in [-0.05, 0) is 49.2 Å². The van der Waals surface area contributed by atoms with Crippen molar-refractivity contribution >= 4 is 35.1 Å². The quantitative estimate of drug-likeness (QED) is 0.582. The van der Waals surface area contributed by atoms with Crippen molar-refractivity contribution in [3.63, 3.8) is 0 Å². The molecule has 2 heterocycles. The van der Waals surface area contributed by atoms with E-state index in [1.54, 1.807) is 31.2 Å². The van der Waals surface area contributed by atoms with E-state index < -0.39 is 6.04 Å². The number of carbonyl (C=O) groups is 2. The molecular weight excluding hydrogens is 362 g/mol. The molecule has 3 atom stereocenters. The van der Waals surface area contributed by atoms with Gasteiger partial charge < -0.3 is 9.64 Å². The highest BCUT2D eigenvalue weighted by Crippen LogP contribution is 2.42. The summed E-state index contributed by atoms with van der Waals surface area (Å²) in [6, 6.07) is 14.3. The predicted molar refractivity (Wildman–Crippen MR) is 106 cm³/mol. The second kappa shape index (κ2) is 7.20. The first-order chi connectivity index (χ1) is 13.1. The van der Waals surface area contributed by atoms with Crippen LogP contribution in [0.3, 0.4) is 0 Å². The second-order valence-corrected chi connectivity index (χ2v) is 7.23. The van der Waals surface area contributed by atoms with Gasteiger partial charge in [-0.3, -0.25) is 9.59 Å². The number of carbonyl (C=O) groups excluding carboxylic acids is 2. The van der Waals surface area contributed by atoms with E-state index in [2.05, 4.69) is 4.90 Å². The maximum atomic E-state index is 13.3. The van der Waals surface area contributed by atoms with Crippen LogP contribution in [-0.4, -0.2) is 30.4 Å². The van der Waals surface area contributed by atoms with Crippen LogP contribution < -0.4 is 4.90 Å². The van der Waals surface area contributed by atoms with E-state index in [1.165, 1.54) is 0 Å². The molecular formula is C22H20ClNO3. The van der Waals surface area contributed by atoms with Crippen LogP contribution in [-0.2, 0) is 9.53 Å². The van der Waals surface area contributed by atoms with Gasteiger partial charge in [-0.25, -0.2) is 0 Å². The molecule has 1 saturated heterocycles. The zero-order chi connectivity index (χ0) is 19.0. The number of esters is 1. The zero-order valence-electron chi connectivity index (χ0n) is 15.0. The molecule has 0 unspecified atom stereocenters. The van der Waals surface area contributed by atoms with E-state index in [4.69, 9.17) is 16.3 Å². The zero-order valence-corrected chi connectivity index (χ0v) is 15.7. The molecule has 2 aromatic carbocycles. The van der Waals surface area contributed by atoms with Gasteiger partial charge in [0.15, 0.2) is 5.78 Å². The van der Waals surface area contributed by atoms with Gasteiger partial charge in [0.25, 0.3) is 0 Å². The lowest BCUT2D eigenvalue weighted by Crippen LogP contribution is -2.43. The van der Waals surface area contributed by atoms with Crippen LogP contribution in [0.4, 0.5) is 5.69 Å². The first kappa shape index (κ1) is 17.8. The third-order valence-electron chi connectivity index (χ3n) is 5.26. The lowest BCUT2D eigenvalue weighted by atomic mass is 9.95. The maximum absolute atomic E-state index is 13.3. The Kier molecular flexibility index (Phi) is 4.75. The number of para-hydroxylation sites is 1. The van der Waals surface area contributed by atoms with E-state index in [9.17, 15) is 9.59 Å². The van der Waals surface area contributed by atoms with Gasteiger partial charge in [-0.15, -0.1) is 0 Å². The van der Waals surface area contributed by atoms with Crippen LogP contribution in [0.2, 0.25) is 5.02 Å². The van der Waals surface area contributed by atoms with Crippen molar-refractivity contribution in [2.45, 2.75) is 25.4 Å². The molecule has 0 N–H and O–H groups in total. The van der Waals surface area contributed by atoms with E-state index in [0.29, 0.717) is 23.6 Å². The maximum Gasteiger partial charge on any atom is 0.311 e. The Bertz CT molecular complexity index is 906. The molecule has 2 aromatic rings. The van der Waals surface area contributed by atoms with Crippen molar-refractivity contribution in [3.8, 4) is 0 Å². The Morgan fingerprint density at radius 1 is 1.15 bits per heavy atom. The third kappa shape index (κ3) is 3.15. The van der Waals surface area contributed by atoms with Crippen molar-refractivity contribution in [2.75, 3.05) is 11.5 Å². The van der Waals surface area contributed by atoms with E-state index in [0.717, 1.165) is 11.3 Å². The van der Waals surface area contributed by atoms with Crippen molar-refractivity contribution in [1.82, 2.24) is 0 Å². The summed E-state index contributed by atoms with van der Waals surface area (Å²) < 4.78 is 5.28. The Hall–Kier alpha value is -2.59. The summed E-state index contributed by atoms with van der Waals surface area (Å²) in [5.41, 5.74) is 2.62. The Balaban J connectivity index is 1.74. The average molecular weight is 382 g/mol. The van der Waals surface area contributed by atoms with Crippen LogP contribution in [0.25, 0.3) is 6.08 Å². The highest BCUT2D eigenvalue weighted by atomic mass is 35.5. The van der Waals surface area contributed by atoms with Crippen molar-refractivity contribution in [3.05, 3.63) is 70.8 Å². The smallest absolute Gasteiger partial charge is 0.311 e. The predicted octanol–water partition coefficient (Wildman–Crippen LogP) is 4.38. The number of rotatable bonds is 4. The summed E-state index contributed by atoms with van der Waals surface area (Å²) in [5, 5.41) is 0.589. The van der Waals surface area contributed by atoms with Gasteiger partial charge in [0.1, 0.15) is 0 Å². The van der Waals surface area contributed by atoms with Crippen LogP contribution in [0, 0.1) is 5.92 Å². The van der Waals surface area contributed by atoms with Crippen LogP contribution in [0.1, 0.15) is 29.3 Å². The molecule has 4 rings (SSSR count). The number of halogens is 1. The standard InChI is InChI=1S/C22H20ClNO3/c1-2-27-22(26)17-13-20(21(25)15-7-10-16(23)11-8-15)24-18-6-4-3-5-14(18)9-12-19(17)24/h3-12,17,19-20H,2,13H2,1H3/t17-,19-,20-/m1/s1. The number of hydrogen-bond acceptors (Lipinski definition) is 4. The Morgan fingerprint density at radius 2 is 1.89 bits per heavy atom. The summed E-state index contributed by atoms with van der Waals surface area (Å²) in [5.74, 6) is -0.618. The fourth-order valence-corrected chi connectivity index (χ4v) is 4.17. The Morgan fingerprint density at radius 3 is 2.63 bits per heavy atom. The molecule has 0 aromatic heterocycles. The molecule has 0 bridgehead atoms. The molecule has 4 nitrogen and oxygen atoms in total. The summed E-state index contributed by atoms with van der Waals surface area (Å²) in [6.07, 6.45) is 4.47. The summed E-state index contributed by atoms with van der Waals surface area (Å²) >= 11 is 5.96. The number of ether oxygens (including phenoxy) is 1. The van der Waals surface area contributed by atoms with Gasteiger partial charge >= 0.3 is 5.97 Å². The van der Waals surface area contributed by atoms with Crippen LogP contribution >= 0.6 is 11.6 Å². The molecule has 0 spiro atoms. The van der Waals surface area contributed by atoms with Gasteiger partial charge in [0.05, 0.1) is 24.6 Å². The van der Waals surface area contributed by atoms with Crippen LogP contribution in [0.15, 0.2) is 54.6 Å². The highest BCUT2D eigenvalue weighted by molar-refractivity contribution is 6.30. The molecule has 0 saturated carbocycles. The Labute approximate surface area is 163 Å². The van der Waals surface area contributed by atoms with Gasteiger partial charge in [0, 0.05) is 16.3 Å². The number of anilines is 1. The lowest BCUT2D eigenvalue weighted by molar-refractivity contribution is -0.147. The van der Waals surface area contributed by atoms with E-state index in [1.807, 2.05) is 36.4 Å². The number of fused-ring (bicyclic) bond motifs is 3. The molecule has 5 heteroatoms.